The van der Waals surface area contributed by atoms with Crippen molar-refractivity contribution in [1.29, 1.82) is 0 Å². The van der Waals surface area contributed by atoms with Crippen LogP contribution in [0.25, 0.3) is 0 Å². The average molecular weight is 461 g/mol. The van der Waals surface area contributed by atoms with Crippen LogP contribution in [0.2, 0.25) is 0 Å². The number of rotatable bonds is 10. The maximum absolute atomic E-state index is 12.6. The molecule has 32 heavy (non-hydrogen) atoms. The zero-order valence-electron chi connectivity index (χ0n) is 18.1. The number of carbonyl (C=O) groups is 2. The molecule has 0 unspecified atom stereocenters. The van der Waals surface area contributed by atoms with Crippen LogP contribution in [-0.4, -0.2) is 57.3 Å². The predicted molar refractivity (Wildman–Crippen MR) is 119 cm³/mol. The molecule has 0 aromatic heterocycles. The normalized spacial score (nSPS) is 14.7. The van der Waals surface area contributed by atoms with Crippen molar-refractivity contribution in [3.8, 4) is 5.75 Å². The summed E-state index contributed by atoms with van der Waals surface area (Å²) in [7, 11) is -3.53. The first-order valence-corrected chi connectivity index (χ1v) is 11.9. The number of hydrogen-bond acceptors (Lipinski definition) is 6. The van der Waals surface area contributed by atoms with Gasteiger partial charge in [-0.2, -0.15) is 4.31 Å². The lowest BCUT2D eigenvalue weighted by molar-refractivity contribution is -0.123. The van der Waals surface area contributed by atoms with Gasteiger partial charge < -0.3 is 19.6 Å². The van der Waals surface area contributed by atoms with E-state index >= 15 is 0 Å². The summed E-state index contributed by atoms with van der Waals surface area (Å²) in [6, 6.07) is 13.8. The number of hydrogen-bond donors (Lipinski definition) is 1. The fourth-order valence-electron chi connectivity index (χ4n) is 3.19. The molecule has 1 aliphatic heterocycles. The van der Waals surface area contributed by atoms with Crippen molar-refractivity contribution in [2.75, 3.05) is 32.9 Å². The van der Waals surface area contributed by atoms with Crippen LogP contribution in [0.5, 0.6) is 5.75 Å². The largest absolute Gasteiger partial charge is 0.484 e. The summed E-state index contributed by atoms with van der Waals surface area (Å²) in [5, 5.41) is 2.76. The number of carbonyl (C=O) groups excluding carboxylic acids is 2. The van der Waals surface area contributed by atoms with E-state index in [1.54, 1.807) is 43.3 Å². The quantitative estimate of drug-likeness (QED) is 0.581. The molecule has 0 spiro atoms. The fraction of sp³-hybridized carbons (Fsp3) is 0.391. The summed E-state index contributed by atoms with van der Waals surface area (Å²) < 4.78 is 37.4. The minimum atomic E-state index is -3.53. The molecule has 1 aliphatic rings. The Bertz CT molecular complexity index is 1010. The Labute approximate surface area is 188 Å². The highest BCUT2D eigenvalue weighted by Gasteiger charge is 2.26. The molecule has 0 radical (unpaired) electrons. The van der Waals surface area contributed by atoms with Crippen molar-refractivity contribution in [3.05, 3.63) is 59.7 Å². The summed E-state index contributed by atoms with van der Waals surface area (Å²) >= 11 is 0. The second kappa shape index (κ2) is 11.2. The van der Waals surface area contributed by atoms with Crippen LogP contribution in [0.1, 0.15) is 24.5 Å². The van der Waals surface area contributed by atoms with Crippen molar-refractivity contribution < 1.29 is 27.5 Å². The molecule has 2 aromatic carbocycles. The van der Waals surface area contributed by atoms with E-state index in [-0.39, 0.29) is 29.7 Å². The van der Waals surface area contributed by atoms with Gasteiger partial charge in [-0.15, -0.1) is 0 Å². The molecule has 1 saturated heterocycles. The Hall–Kier alpha value is -2.75. The lowest BCUT2D eigenvalue weighted by Crippen LogP contribution is -2.40. The Kier molecular flexibility index (Phi) is 8.38. The van der Waals surface area contributed by atoms with Gasteiger partial charge in [0.2, 0.25) is 10.0 Å². The molecule has 2 aromatic rings. The number of ether oxygens (including phenoxy) is 2. The summed E-state index contributed by atoms with van der Waals surface area (Å²) in [5.41, 5.74) is 1.82. The molecule has 8 nitrogen and oxygen atoms in total. The molecule has 9 heteroatoms. The van der Waals surface area contributed by atoms with E-state index in [1.165, 1.54) is 4.31 Å². The van der Waals surface area contributed by atoms with E-state index in [9.17, 15) is 18.0 Å². The number of morpholine rings is 1. The molecule has 3 rings (SSSR count). The highest BCUT2D eigenvalue weighted by atomic mass is 32.2. The van der Waals surface area contributed by atoms with E-state index in [4.69, 9.17) is 9.47 Å². The second-order valence-corrected chi connectivity index (χ2v) is 9.51. The van der Waals surface area contributed by atoms with Crippen LogP contribution in [0, 0.1) is 0 Å². The minimum Gasteiger partial charge on any atom is -0.484 e. The number of amides is 1. The Morgan fingerprint density at radius 2 is 1.62 bits per heavy atom. The zero-order chi connectivity index (χ0) is 23.0. The maximum Gasteiger partial charge on any atom is 0.258 e. The lowest BCUT2D eigenvalue weighted by atomic mass is 10.1. The molecule has 0 aliphatic carbocycles. The third kappa shape index (κ3) is 6.88. The van der Waals surface area contributed by atoms with Crippen LogP contribution in [0.3, 0.4) is 0 Å². The van der Waals surface area contributed by atoms with Crippen molar-refractivity contribution in [2.24, 2.45) is 0 Å². The Morgan fingerprint density at radius 3 is 2.25 bits per heavy atom. The summed E-state index contributed by atoms with van der Waals surface area (Å²) in [6.45, 7) is 3.20. The van der Waals surface area contributed by atoms with Crippen LogP contribution < -0.4 is 10.1 Å². The smallest absolute Gasteiger partial charge is 0.258 e. The minimum absolute atomic E-state index is 0.129. The van der Waals surface area contributed by atoms with Gasteiger partial charge in [0.05, 0.1) is 18.1 Å². The van der Waals surface area contributed by atoms with Gasteiger partial charge in [0.25, 0.3) is 5.91 Å². The molecule has 1 heterocycles. The summed E-state index contributed by atoms with van der Waals surface area (Å²) in [4.78, 5) is 23.4. The lowest BCUT2D eigenvalue weighted by Gasteiger charge is -2.26. The van der Waals surface area contributed by atoms with Gasteiger partial charge in [0.15, 0.2) is 6.61 Å². The van der Waals surface area contributed by atoms with Gasteiger partial charge in [-0.25, -0.2) is 8.42 Å². The summed E-state index contributed by atoms with van der Waals surface area (Å²) in [5.74, 6) is 0.440. The van der Waals surface area contributed by atoms with E-state index in [0.717, 1.165) is 11.1 Å². The molecule has 0 bridgehead atoms. The van der Waals surface area contributed by atoms with Crippen LogP contribution in [0.4, 0.5) is 0 Å². The first kappa shape index (κ1) is 23.9. The zero-order valence-corrected chi connectivity index (χ0v) is 18.9. The van der Waals surface area contributed by atoms with Gasteiger partial charge in [-0.3, -0.25) is 4.79 Å². The number of sulfonamides is 1. The number of Topliss-reactive ketones (excluding diaryl/α,β-unsaturated/α-hetero) is 1. The van der Waals surface area contributed by atoms with E-state index < -0.39 is 10.0 Å². The second-order valence-electron chi connectivity index (χ2n) is 7.57. The van der Waals surface area contributed by atoms with Crippen molar-refractivity contribution >= 4 is 21.7 Å². The van der Waals surface area contributed by atoms with Crippen molar-refractivity contribution in [3.63, 3.8) is 0 Å². The monoisotopic (exact) mass is 460 g/mol. The molecule has 0 saturated carbocycles. The number of nitrogens with zero attached hydrogens (tertiary/aromatic N) is 1. The SMILES string of the molecule is CC(=O)CCc1ccc(OCC(=O)NCc2ccc(S(=O)(=O)N3CCOCC3)cc2)cc1. The maximum atomic E-state index is 12.6. The molecule has 1 N–H and O–H groups in total. The number of ketones is 1. The van der Waals surface area contributed by atoms with Crippen molar-refractivity contribution in [1.82, 2.24) is 9.62 Å². The average Bonchev–Trinajstić information content (AvgIpc) is 2.81. The van der Waals surface area contributed by atoms with E-state index in [0.29, 0.717) is 44.9 Å². The predicted octanol–water partition coefficient (Wildman–Crippen LogP) is 1.92. The van der Waals surface area contributed by atoms with Gasteiger partial charge in [-0.05, 0) is 48.7 Å². The molecule has 1 amide bonds. The van der Waals surface area contributed by atoms with Crippen molar-refractivity contribution in [2.45, 2.75) is 31.2 Å². The molecular formula is C23H28N2O6S. The first-order valence-electron chi connectivity index (χ1n) is 10.5. The van der Waals surface area contributed by atoms with Crippen LogP contribution >= 0.6 is 0 Å². The number of nitrogens with one attached hydrogen (secondary N) is 1. The number of benzene rings is 2. The van der Waals surface area contributed by atoms with Crippen LogP contribution in [0.15, 0.2) is 53.4 Å². The topological polar surface area (TPSA) is 102 Å². The van der Waals surface area contributed by atoms with Gasteiger partial charge in [0, 0.05) is 26.1 Å². The Morgan fingerprint density at radius 1 is 1.00 bits per heavy atom. The van der Waals surface area contributed by atoms with E-state index in [2.05, 4.69) is 5.32 Å². The standard InChI is InChI=1S/C23H28N2O6S/c1-18(26)2-3-19-4-8-21(9-5-19)31-17-23(27)24-16-20-6-10-22(11-7-20)32(28,29)25-12-14-30-15-13-25/h4-11H,2-3,12-17H2,1H3,(H,24,27). The molecule has 0 atom stereocenters. The van der Waals surface area contributed by atoms with Gasteiger partial charge in [0.1, 0.15) is 11.5 Å². The van der Waals surface area contributed by atoms with E-state index in [1.807, 2.05) is 12.1 Å². The summed E-state index contributed by atoms with van der Waals surface area (Å²) in [6.07, 6.45) is 1.19. The number of aryl methyl sites for hydroxylation is 1. The first-order chi connectivity index (χ1) is 15.3. The van der Waals surface area contributed by atoms with Gasteiger partial charge >= 0.3 is 0 Å². The highest BCUT2D eigenvalue weighted by molar-refractivity contribution is 7.89. The third-order valence-electron chi connectivity index (χ3n) is 5.08. The van der Waals surface area contributed by atoms with Crippen LogP contribution in [-0.2, 0) is 37.3 Å². The molecule has 172 valence electrons. The highest BCUT2D eigenvalue weighted by Crippen LogP contribution is 2.18. The third-order valence-corrected chi connectivity index (χ3v) is 6.99. The molecule has 1 fully saturated rings. The van der Waals surface area contributed by atoms with Gasteiger partial charge in [-0.1, -0.05) is 24.3 Å². The Balaban J connectivity index is 1.44. The fourth-order valence-corrected chi connectivity index (χ4v) is 4.60. The molecular weight excluding hydrogens is 432 g/mol.